The first-order valence-corrected chi connectivity index (χ1v) is 8.81. The van der Waals surface area contributed by atoms with Gasteiger partial charge in [-0.1, -0.05) is 6.92 Å². The van der Waals surface area contributed by atoms with Crippen molar-refractivity contribution in [2.75, 3.05) is 6.61 Å². The molecule has 0 spiro atoms. The zero-order valence-electron chi connectivity index (χ0n) is 11.8. The zero-order chi connectivity index (χ0) is 14.2. The van der Waals surface area contributed by atoms with E-state index in [1.54, 1.807) is 18.2 Å². The number of sulfonamides is 1. The van der Waals surface area contributed by atoms with Crippen LogP contribution in [0.4, 0.5) is 0 Å². The molecule has 20 heavy (non-hydrogen) atoms. The minimum absolute atomic E-state index is 0.0840. The molecule has 1 heterocycles. The van der Waals surface area contributed by atoms with E-state index in [0.717, 1.165) is 43.4 Å². The number of nitrogens with one attached hydrogen (secondary N) is 1. The van der Waals surface area contributed by atoms with Gasteiger partial charge in [-0.15, -0.1) is 0 Å². The Morgan fingerprint density at radius 1 is 1.20 bits per heavy atom. The van der Waals surface area contributed by atoms with Crippen LogP contribution in [0.15, 0.2) is 23.1 Å². The lowest BCUT2D eigenvalue weighted by Crippen LogP contribution is -2.37. The number of fused-ring (bicyclic) bond motifs is 1. The van der Waals surface area contributed by atoms with Crippen molar-refractivity contribution in [1.29, 1.82) is 0 Å². The highest BCUT2D eigenvalue weighted by Crippen LogP contribution is 2.29. The summed E-state index contributed by atoms with van der Waals surface area (Å²) < 4.78 is 33.1. The molecule has 1 aliphatic heterocycles. The summed E-state index contributed by atoms with van der Waals surface area (Å²) in [5, 5.41) is 0. The molecule has 2 aliphatic rings. The monoisotopic (exact) mass is 295 g/mol. The van der Waals surface area contributed by atoms with Crippen molar-refractivity contribution in [2.45, 2.75) is 50.0 Å². The molecule has 0 amide bonds. The number of hydrogen-bond donors (Lipinski definition) is 1. The van der Waals surface area contributed by atoms with Crippen LogP contribution in [0.1, 0.15) is 38.2 Å². The van der Waals surface area contributed by atoms with E-state index in [9.17, 15) is 8.42 Å². The molecule has 110 valence electrons. The Kier molecular flexibility index (Phi) is 3.73. The van der Waals surface area contributed by atoms with Crippen LogP contribution < -0.4 is 9.46 Å². The van der Waals surface area contributed by atoms with E-state index in [-0.39, 0.29) is 6.04 Å². The van der Waals surface area contributed by atoms with Crippen LogP contribution in [-0.4, -0.2) is 21.1 Å². The quantitative estimate of drug-likeness (QED) is 0.932. The first-order chi connectivity index (χ1) is 9.54. The Balaban J connectivity index is 1.75. The average molecular weight is 295 g/mol. The molecule has 1 aliphatic carbocycles. The van der Waals surface area contributed by atoms with Crippen molar-refractivity contribution in [3.63, 3.8) is 0 Å². The van der Waals surface area contributed by atoms with Crippen molar-refractivity contribution < 1.29 is 13.2 Å². The lowest BCUT2D eigenvalue weighted by Gasteiger charge is -2.26. The number of rotatable bonds is 3. The van der Waals surface area contributed by atoms with Gasteiger partial charge in [-0.25, -0.2) is 13.1 Å². The maximum absolute atomic E-state index is 12.4. The predicted molar refractivity (Wildman–Crippen MR) is 77.4 cm³/mol. The summed E-state index contributed by atoms with van der Waals surface area (Å²) in [6.07, 6.45) is 4.87. The second-order valence-corrected chi connectivity index (χ2v) is 7.66. The molecule has 1 saturated carbocycles. The van der Waals surface area contributed by atoms with Crippen LogP contribution in [0.2, 0.25) is 0 Å². The molecular weight excluding hydrogens is 274 g/mol. The minimum atomic E-state index is -3.40. The van der Waals surface area contributed by atoms with Crippen molar-refractivity contribution in [2.24, 2.45) is 5.92 Å². The average Bonchev–Trinajstić information content (AvgIpc) is 2.88. The molecule has 3 rings (SSSR count). The van der Waals surface area contributed by atoms with Gasteiger partial charge in [-0.05, 0) is 55.4 Å². The van der Waals surface area contributed by atoms with Crippen molar-refractivity contribution >= 4 is 10.0 Å². The molecule has 0 radical (unpaired) electrons. The Bertz CT molecular complexity index is 589. The number of hydrogen-bond acceptors (Lipinski definition) is 3. The summed E-state index contributed by atoms with van der Waals surface area (Å²) in [6.45, 7) is 2.87. The summed E-state index contributed by atoms with van der Waals surface area (Å²) in [5.41, 5.74) is 0.991. The zero-order valence-corrected chi connectivity index (χ0v) is 12.6. The Labute approximate surface area is 120 Å². The van der Waals surface area contributed by atoms with Crippen LogP contribution in [0.3, 0.4) is 0 Å². The molecule has 4 nitrogen and oxygen atoms in total. The number of ether oxygens (including phenoxy) is 1. The van der Waals surface area contributed by atoms with Gasteiger partial charge in [0.25, 0.3) is 0 Å². The highest BCUT2D eigenvalue weighted by atomic mass is 32.2. The van der Waals surface area contributed by atoms with Crippen LogP contribution in [0.5, 0.6) is 5.75 Å². The second-order valence-electron chi connectivity index (χ2n) is 5.95. The normalized spacial score (nSPS) is 26.1. The summed E-state index contributed by atoms with van der Waals surface area (Å²) in [6, 6.07) is 5.23. The van der Waals surface area contributed by atoms with Gasteiger partial charge in [0.05, 0.1) is 11.5 Å². The topological polar surface area (TPSA) is 55.4 Å². The van der Waals surface area contributed by atoms with Crippen LogP contribution in [0.25, 0.3) is 0 Å². The molecule has 0 atom stereocenters. The molecule has 1 aromatic rings. The van der Waals surface area contributed by atoms with Crippen molar-refractivity contribution in [1.82, 2.24) is 4.72 Å². The van der Waals surface area contributed by atoms with E-state index in [4.69, 9.17) is 4.74 Å². The SMILES string of the molecule is CC1CCC(NS(=O)(=O)c2ccc3c(c2)CCO3)CC1. The fraction of sp³-hybridized carbons (Fsp3) is 0.600. The van der Waals surface area contributed by atoms with E-state index < -0.39 is 10.0 Å². The molecule has 0 unspecified atom stereocenters. The van der Waals surface area contributed by atoms with Gasteiger partial charge >= 0.3 is 0 Å². The van der Waals surface area contributed by atoms with Crippen molar-refractivity contribution in [3.05, 3.63) is 23.8 Å². The van der Waals surface area contributed by atoms with Gasteiger partial charge in [-0.3, -0.25) is 0 Å². The van der Waals surface area contributed by atoms with Crippen LogP contribution >= 0.6 is 0 Å². The maximum atomic E-state index is 12.4. The smallest absolute Gasteiger partial charge is 0.240 e. The molecule has 0 bridgehead atoms. The van der Waals surface area contributed by atoms with Gasteiger partial charge in [0.2, 0.25) is 10.0 Å². The summed E-state index contributed by atoms with van der Waals surface area (Å²) in [4.78, 5) is 0.361. The van der Waals surface area contributed by atoms with E-state index in [0.29, 0.717) is 17.4 Å². The molecule has 1 fully saturated rings. The fourth-order valence-electron chi connectivity index (χ4n) is 3.00. The van der Waals surface area contributed by atoms with Gasteiger partial charge in [0.1, 0.15) is 5.75 Å². The Hall–Kier alpha value is -1.07. The lowest BCUT2D eigenvalue weighted by atomic mass is 9.88. The molecule has 0 saturated heterocycles. The molecule has 0 aromatic heterocycles. The third-order valence-electron chi connectivity index (χ3n) is 4.31. The first-order valence-electron chi connectivity index (χ1n) is 7.32. The molecule has 1 N–H and O–H groups in total. The fourth-order valence-corrected chi connectivity index (χ4v) is 4.35. The second kappa shape index (κ2) is 5.37. The largest absolute Gasteiger partial charge is 0.493 e. The summed E-state index contributed by atoms with van der Waals surface area (Å²) in [5.74, 6) is 1.53. The predicted octanol–water partition coefficient (Wildman–Crippen LogP) is 2.48. The summed E-state index contributed by atoms with van der Waals surface area (Å²) in [7, 11) is -3.40. The van der Waals surface area contributed by atoms with E-state index in [1.807, 2.05) is 0 Å². The van der Waals surface area contributed by atoms with Gasteiger partial charge in [0, 0.05) is 12.5 Å². The third-order valence-corrected chi connectivity index (χ3v) is 5.83. The number of benzene rings is 1. The third kappa shape index (κ3) is 2.83. The van der Waals surface area contributed by atoms with E-state index in [1.165, 1.54) is 0 Å². The molecular formula is C15H21NO3S. The van der Waals surface area contributed by atoms with Gasteiger partial charge < -0.3 is 4.74 Å². The van der Waals surface area contributed by atoms with Crippen LogP contribution in [0, 0.1) is 5.92 Å². The van der Waals surface area contributed by atoms with Gasteiger partial charge in [0.15, 0.2) is 0 Å². The molecule has 1 aromatic carbocycles. The first kappa shape index (κ1) is 13.9. The summed E-state index contributed by atoms with van der Waals surface area (Å²) >= 11 is 0. The minimum Gasteiger partial charge on any atom is -0.493 e. The van der Waals surface area contributed by atoms with Crippen LogP contribution in [-0.2, 0) is 16.4 Å². The lowest BCUT2D eigenvalue weighted by molar-refractivity contribution is 0.332. The Morgan fingerprint density at radius 3 is 2.70 bits per heavy atom. The highest BCUT2D eigenvalue weighted by molar-refractivity contribution is 7.89. The van der Waals surface area contributed by atoms with Gasteiger partial charge in [-0.2, -0.15) is 0 Å². The molecule has 5 heteroatoms. The highest BCUT2D eigenvalue weighted by Gasteiger charge is 2.25. The standard InChI is InChI=1S/C15H21NO3S/c1-11-2-4-13(5-3-11)16-20(17,18)14-6-7-15-12(10-14)8-9-19-15/h6-7,10-11,13,16H,2-5,8-9H2,1H3. The Morgan fingerprint density at radius 2 is 1.95 bits per heavy atom. The maximum Gasteiger partial charge on any atom is 0.240 e. The van der Waals surface area contributed by atoms with E-state index >= 15 is 0 Å². The van der Waals surface area contributed by atoms with Crippen molar-refractivity contribution in [3.8, 4) is 5.75 Å². The van der Waals surface area contributed by atoms with E-state index in [2.05, 4.69) is 11.6 Å².